The quantitative estimate of drug-likeness (QED) is 0.285. The molecule has 0 fully saturated rings. The van der Waals surface area contributed by atoms with Crippen molar-refractivity contribution in [1.29, 1.82) is 0 Å². The van der Waals surface area contributed by atoms with Gasteiger partial charge in [0.2, 0.25) is 11.8 Å². The molecular formula is C25H16ClN5O2. The zero-order valence-corrected chi connectivity index (χ0v) is 17.9. The lowest BCUT2D eigenvalue weighted by Crippen LogP contribution is -2.17. The van der Waals surface area contributed by atoms with Crippen LogP contribution in [0.4, 0.5) is 0 Å². The number of nitrogens with one attached hydrogen (secondary N) is 1. The van der Waals surface area contributed by atoms with Gasteiger partial charge in [0.25, 0.3) is 5.91 Å². The summed E-state index contributed by atoms with van der Waals surface area (Å²) < 4.78 is 5.85. The van der Waals surface area contributed by atoms with E-state index in [2.05, 4.69) is 25.7 Å². The van der Waals surface area contributed by atoms with E-state index >= 15 is 0 Å². The highest BCUT2D eigenvalue weighted by Gasteiger charge is 2.12. The van der Waals surface area contributed by atoms with Gasteiger partial charge in [0.05, 0.1) is 11.7 Å². The van der Waals surface area contributed by atoms with Crippen LogP contribution in [0.3, 0.4) is 0 Å². The van der Waals surface area contributed by atoms with Gasteiger partial charge in [0.15, 0.2) is 0 Å². The Hall–Kier alpha value is -4.36. The third kappa shape index (κ3) is 4.49. The monoisotopic (exact) mass is 453 g/mol. The first-order valence-electron chi connectivity index (χ1n) is 10.0. The van der Waals surface area contributed by atoms with Crippen molar-refractivity contribution in [2.45, 2.75) is 0 Å². The summed E-state index contributed by atoms with van der Waals surface area (Å²) in [6.45, 7) is 0. The minimum Gasteiger partial charge on any atom is -0.416 e. The molecule has 0 radical (unpaired) electrons. The fourth-order valence-electron chi connectivity index (χ4n) is 3.23. The van der Waals surface area contributed by atoms with Crippen LogP contribution in [-0.4, -0.2) is 27.3 Å². The Bertz CT molecular complexity index is 1480. The number of hydrogen-bond acceptors (Lipinski definition) is 6. The highest BCUT2D eigenvalue weighted by Crippen LogP contribution is 2.26. The molecule has 2 heterocycles. The average Bonchev–Trinajstić information content (AvgIpc) is 3.35. The van der Waals surface area contributed by atoms with Crippen molar-refractivity contribution in [1.82, 2.24) is 20.6 Å². The van der Waals surface area contributed by atoms with E-state index < -0.39 is 0 Å². The second-order valence-electron chi connectivity index (χ2n) is 7.12. The van der Waals surface area contributed by atoms with Crippen molar-refractivity contribution < 1.29 is 9.21 Å². The van der Waals surface area contributed by atoms with E-state index in [-0.39, 0.29) is 5.91 Å². The van der Waals surface area contributed by atoms with Gasteiger partial charge in [0, 0.05) is 38.9 Å². The van der Waals surface area contributed by atoms with Crippen LogP contribution < -0.4 is 5.43 Å². The largest absolute Gasteiger partial charge is 0.416 e. The first-order chi connectivity index (χ1) is 16.2. The molecule has 33 heavy (non-hydrogen) atoms. The Morgan fingerprint density at radius 2 is 1.67 bits per heavy atom. The van der Waals surface area contributed by atoms with Gasteiger partial charge in [-0.25, -0.2) is 5.43 Å². The number of carbonyl (C=O) groups excluding carboxylic acids is 1. The third-order valence-electron chi connectivity index (χ3n) is 4.94. The number of pyridine rings is 1. The number of hydrogen-bond donors (Lipinski definition) is 1. The topological polar surface area (TPSA) is 93.3 Å². The number of fused-ring (bicyclic) bond motifs is 1. The van der Waals surface area contributed by atoms with Crippen LogP contribution >= 0.6 is 11.6 Å². The minimum atomic E-state index is -0.346. The number of benzene rings is 3. The maximum atomic E-state index is 12.3. The van der Waals surface area contributed by atoms with E-state index in [0.717, 1.165) is 16.5 Å². The second kappa shape index (κ2) is 9.02. The number of nitrogens with zero attached hydrogens (tertiary/aromatic N) is 4. The highest BCUT2D eigenvalue weighted by molar-refractivity contribution is 6.33. The predicted molar refractivity (Wildman–Crippen MR) is 127 cm³/mol. The summed E-state index contributed by atoms with van der Waals surface area (Å²) in [5.74, 6) is 0.423. The molecule has 0 aliphatic rings. The summed E-state index contributed by atoms with van der Waals surface area (Å²) in [7, 11) is 0. The minimum absolute atomic E-state index is 0.346. The maximum absolute atomic E-state index is 12.3. The normalized spacial score (nSPS) is 11.2. The Morgan fingerprint density at radius 1 is 0.909 bits per heavy atom. The molecule has 0 saturated heterocycles. The number of hydrazone groups is 1. The van der Waals surface area contributed by atoms with Crippen molar-refractivity contribution in [3.05, 3.63) is 101 Å². The summed E-state index contributed by atoms with van der Waals surface area (Å²) in [5, 5.41) is 13.8. The lowest BCUT2D eigenvalue weighted by atomic mass is 10.1. The van der Waals surface area contributed by atoms with Gasteiger partial charge < -0.3 is 4.42 Å². The van der Waals surface area contributed by atoms with Gasteiger partial charge in [-0.1, -0.05) is 35.9 Å². The smallest absolute Gasteiger partial charge is 0.271 e. The van der Waals surface area contributed by atoms with Gasteiger partial charge in [-0.05, 0) is 54.6 Å². The van der Waals surface area contributed by atoms with Crippen LogP contribution in [0, 0.1) is 0 Å². The van der Waals surface area contributed by atoms with E-state index in [0.29, 0.717) is 33.5 Å². The molecule has 5 aromatic rings. The summed E-state index contributed by atoms with van der Waals surface area (Å²) in [6.07, 6.45) is 3.25. The van der Waals surface area contributed by atoms with E-state index in [1.165, 1.54) is 6.21 Å². The molecule has 0 unspecified atom stereocenters. The molecule has 0 saturated carbocycles. The maximum Gasteiger partial charge on any atom is 0.271 e. The summed E-state index contributed by atoms with van der Waals surface area (Å²) in [6, 6.07) is 23.7. The number of carbonyl (C=O) groups is 1. The van der Waals surface area contributed by atoms with E-state index in [1.807, 2.05) is 42.5 Å². The van der Waals surface area contributed by atoms with Crippen molar-refractivity contribution in [3.63, 3.8) is 0 Å². The van der Waals surface area contributed by atoms with E-state index in [9.17, 15) is 4.79 Å². The van der Waals surface area contributed by atoms with Crippen molar-refractivity contribution in [3.8, 4) is 22.9 Å². The fraction of sp³-hybridized carbons (Fsp3) is 0. The first-order valence-corrected chi connectivity index (χ1v) is 10.4. The zero-order valence-electron chi connectivity index (χ0n) is 17.1. The lowest BCUT2D eigenvalue weighted by molar-refractivity contribution is 0.0955. The van der Waals surface area contributed by atoms with Gasteiger partial charge in [-0.3, -0.25) is 9.78 Å². The summed E-state index contributed by atoms with van der Waals surface area (Å²) >= 11 is 6.07. The van der Waals surface area contributed by atoms with Crippen LogP contribution in [0.1, 0.15) is 15.9 Å². The van der Waals surface area contributed by atoms with E-state index in [4.69, 9.17) is 16.0 Å². The standard InChI is InChI=1S/C25H16ClN5O2/c26-21-6-2-1-4-20(21)15-28-29-23(32)16-7-9-17(10-8-16)24-30-31-25(33-24)19-11-12-22-18(14-19)5-3-13-27-22/h1-15H,(H,29,32)/b28-15+. The Balaban J connectivity index is 1.29. The van der Waals surface area contributed by atoms with Gasteiger partial charge in [-0.2, -0.15) is 5.10 Å². The molecule has 7 nitrogen and oxygen atoms in total. The molecule has 2 aromatic heterocycles. The number of aromatic nitrogens is 3. The SMILES string of the molecule is O=C(N/N=C/c1ccccc1Cl)c1ccc(-c2nnc(-c3ccc4ncccc4c3)o2)cc1. The number of amides is 1. The van der Waals surface area contributed by atoms with Gasteiger partial charge in [0.1, 0.15) is 0 Å². The Labute approximate surface area is 193 Å². The molecule has 0 atom stereocenters. The molecule has 3 aromatic carbocycles. The molecule has 0 aliphatic carbocycles. The molecule has 0 aliphatic heterocycles. The molecule has 1 amide bonds. The number of rotatable bonds is 5. The van der Waals surface area contributed by atoms with Crippen LogP contribution in [0.15, 0.2) is 94.6 Å². The van der Waals surface area contributed by atoms with Gasteiger partial charge >= 0.3 is 0 Å². The predicted octanol–water partition coefficient (Wildman–Crippen LogP) is 5.37. The van der Waals surface area contributed by atoms with Crippen molar-refractivity contribution >= 4 is 34.6 Å². The summed E-state index contributed by atoms with van der Waals surface area (Å²) in [4.78, 5) is 16.7. The molecule has 1 N–H and O–H groups in total. The Kier molecular flexibility index (Phi) is 5.61. The van der Waals surface area contributed by atoms with Gasteiger partial charge in [-0.15, -0.1) is 10.2 Å². The first kappa shape index (κ1) is 20.5. The lowest BCUT2D eigenvalue weighted by Gasteiger charge is -2.01. The molecular weight excluding hydrogens is 438 g/mol. The van der Waals surface area contributed by atoms with Crippen molar-refractivity contribution in [2.24, 2.45) is 5.10 Å². The highest BCUT2D eigenvalue weighted by atomic mass is 35.5. The second-order valence-corrected chi connectivity index (χ2v) is 7.53. The van der Waals surface area contributed by atoms with Crippen LogP contribution in [0.5, 0.6) is 0 Å². The van der Waals surface area contributed by atoms with Crippen LogP contribution in [0.25, 0.3) is 33.8 Å². The third-order valence-corrected chi connectivity index (χ3v) is 5.29. The summed E-state index contributed by atoms with van der Waals surface area (Å²) in [5.41, 5.74) is 6.05. The van der Waals surface area contributed by atoms with Crippen molar-refractivity contribution in [2.75, 3.05) is 0 Å². The molecule has 5 rings (SSSR count). The number of halogens is 1. The fourth-order valence-corrected chi connectivity index (χ4v) is 3.42. The van der Waals surface area contributed by atoms with Crippen LogP contribution in [0.2, 0.25) is 5.02 Å². The molecule has 8 heteroatoms. The molecule has 160 valence electrons. The van der Waals surface area contributed by atoms with Crippen LogP contribution in [-0.2, 0) is 0 Å². The molecule has 0 spiro atoms. The van der Waals surface area contributed by atoms with E-state index in [1.54, 1.807) is 42.6 Å². The Morgan fingerprint density at radius 3 is 2.48 bits per heavy atom. The average molecular weight is 454 g/mol. The molecule has 0 bridgehead atoms. The zero-order chi connectivity index (χ0) is 22.6.